The maximum atomic E-state index is 13.8. The van der Waals surface area contributed by atoms with E-state index >= 15 is 0 Å². The van der Waals surface area contributed by atoms with E-state index in [-0.39, 0.29) is 5.82 Å². The van der Waals surface area contributed by atoms with Crippen LogP contribution in [-0.2, 0) is 6.42 Å². The highest BCUT2D eigenvalue weighted by Crippen LogP contribution is 2.38. The lowest BCUT2D eigenvalue weighted by atomic mass is 10.0. The number of nitrogens with zero attached hydrogens (tertiary/aromatic N) is 3. The van der Waals surface area contributed by atoms with Crippen molar-refractivity contribution in [1.82, 2.24) is 15.0 Å². The summed E-state index contributed by atoms with van der Waals surface area (Å²) in [6.45, 7) is 3.69. The van der Waals surface area contributed by atoms with Crippen LogP contribution in [0.1, 0.15) is 42.3 Å². The molecule has 0 radical (unpaired) electrons. The van der Waals surface area contributed by atoms with E-state index in [2.05, 4.69) is 21.1 Å². The van der Waals surface area contributed by atoms with Gasteiger partial charge >= 0.3 is 0 Å². The van der Waals surface area contributed by atoms with Gasteiger partial charge in [-0.3, -0.25) is 4.90 Å². The molecule has 2 aromatic carbocycles. The van der Waals surface area contributed by atoms with Gasteiger partial charge in [-0.1, -0.05) is 17.3 Å². The zero-order valence-corrected chi connectivity index (χ0v) is 18.2. The first kappa shape index (κ1) is 21.3. The molecule has 1 aliphatic heterocycles. The minimum absolute atomic E-state index is 0.267. The second kappa shape index (κ2) is 9.47. The molecule has 164 valence electrons. The van der Waals surface area contributed by atoms with Crippen LogP contribution in [0.15, 0.2) is 40.9 Å². The minimum Gasteiger partial charge on any atom is -0.497 e. The largest absolute Gasteiger partial charge is 0.497 e. The monoisotopic (exact) mass is 425 g/mol. The van der Waals surface area contributed by atoms with E-state index in [1.54, 1.807) is 27.2 Å². The molecule has 31 heavy (non-hydrogen) atoms. The van der Waals surface area contributed by atoms with Crippen molar-refractivity contribution >= 4 is 0 Å². The Kier molecular flexibility index (Phi) is 6.51. The molecule has 1 atom stereocenters. The van der Waals surface area contributed by atoms with Crippen molar-refractivity contribution < 1.29 is 18.4 Å². The zero-order chi connectivity index (χ0) is 21.8. The number of benzene rings is 2. The van der Waals surface area contributed by atoms with Crippen molar-refractivity contribution in [1.29, 1.82) is 0 Å². The van der Waals surface area contributed by atoms with Gasteiger partial charge in [0, 0.05) is 23.6 Å². The fourth-order valence-electron chi connectivity index (χ4n) is 4.18. The van der Waals surface area contributed by atoms with Crippen LogP contribution in [0.2, 0.25) is 0 Å². The van der Waals surface area contributed by atoms with E-state index in [1.165, 1.54) is 11.6 Å². The minimum atomic E-state index is -0.267. The lowest BCUT2D eigenvalue weighted by Gasteiger charge is -2.26. The summed E-state index contributed by atoms with van der Waals surface area (Å²) < 4.78 is 30.2. The number of methoxy groups -OCH3 is 2. The van der Waals surface area contributed by atoms with Gasteiger partial charge in [0.15, 0.2) is 0 Å². The highest BCUT2D eigenvalue weighted by molar-refractivity contribution is 5.54. The van der Waals surface area contributed by atoms with Gasteiger partial charge in [-0.15, -0.1) is 0 Å². The van der Waals surface area contributed by atoms with Crippen LogP contribution in [-0.4, -0.2) is 42.3 Å². The zero-order valence-electron chi connectivity index (χ0n) is 18.2. The van der Waals surface area contributed by atoms with E-state index < -0.39 is 0 Å². The quantitative estimate of drug-likeness (QED) is 0.508. The summed E-state index contributed by atoms with van der Waals surface area (Å²) in [5.74, 6) is 2.47. The van der Waals surface area contributed by atoms with Crippen molar-refractivity contribution in [3.63, 3.8) is 0 Å². The van der Waals surface area contributed by atoms with Crippen LogP contribution in [0.4, 0.5) is 4.39 Å². The molecule has 1 aromatic heterocycles. The number of halogens is 1. The first-order chi connectivity index (χ1) is 15.1. The Morgan fingerprint density at radius 3 is 2.81 bits per heavy atom. The molecule has 1 unspecified atom stereocenters. The molecule has 1 saturated heterocycles. The average Bonchev–Trinajstić information content (AvgIpc) is 3.45. The molecule has 3 aromatic rings. The predicted octanol–water partition coefficient (Wildman–Crippen LogP) is 4.97. The Bertz CT molecular complexity index is 1040. The lowest BCUT2D eigenvalue weighted by molar-refractivity contribution is 0.244. The van der Waals surface area contributed by atoms with Gasteiger partial charge in [0.2, 0.25) is 11.7 Å². The van der Waals surface area contributed by atoms with E-state index in [9.17, 15) is 4.39 Å². The Morgan fingerprint density at radius 1 is 1.16 bits per heavy atom. The molecule has 2 heterocycles. The fraction of sp³-hybridized carbons (Fsp3) is 0.417. The van der Waals surface area contributed by atoms with Crippen LogP contribution in [0.3, 0.4) is 0 Å². The third-order valence-electron chi connectivity index (χ3n) is 5.89. The third-order valence-corrected chi connectivity index (χ3v) is 5.89. The average molecular weight is 426 g/mol. The molecule has 0 spiro atoms. The molecule has 6 nitrogen and oxygen atoms in total. The number of ether oxygens (including phenoxy) is 2. The summed E-state index contributed by atoms with van der Waals surface area (Å²) in [4.78, 5) is 6.92. The van der Waals surface area contributed by atoms with E-state index in [0.717, 1.165) is 43.9 Å². The lowest BCUT2D eigenvalue weighted by Crippen LogP contribution is -2.25. The number of hydrogen-bond donors (Lipinski definition) is 0. The third kappa shape index (κ3) is 4.71. The SMILES string of the molecule is COc1ccc(OC)c(C2CCCN2CCCc2nc(-c3ccc(C)c(F)c3)no2)c1. The molecule has 0 bridgehead atoms. The van der Waals surface area contributed by atoms with Gasteiger partial charge in [0.1, 0.15) is 17.3 Å². The normalized spacial score (nSPS) is 16.6. The first-order valence-corrected chi connectivity index (χ1v) is 10.6. The van der Waals surface area contributed by atoms with Gasteiger partial charge in [0.05, 0.1) is 14.2 Å². The molecule has 1 aliphatic rings. The van der Waals surface area contributed by atoms with Crippen molar-refractivity contribution in [3.05, 3.63) is 59.2 Å². The molecule has 0 aliphatic carbocycles. The second-order valence-electron chi connectivity index (χ2n) is 7.88. The molecular formula is C24H28FN3O3. The molecule has 0 N–H and O–H groups in total. The van der Waals surface area contributed by atoms with Gasteiger partial charge in [-0.25, -0.2) is 4.39 Å². The van der Waals surface area contributed by atoms with Crippen LogP contribution < -0.4 is 9.47 Å². The molecule has 0 amide bonds. The Labute approximate surface area is 182 Å². The van der Waals surface area contributed by atoms with Crippen LogP contribution in [0, 0.1) is 12.7 Å². The topological polar surface area (TPSA) is 60.6 Å². The summed E-state index contributed by atoms with van der Waals surface area (Å²) in [5.41, 5.74) is 2.39. The van der Waals surface area contributed by atoms with Gasteiger partial charge in [0.25, 0.3) is 0 Å². The maximum Gasteiger partial charge on any atom is 0.227 e. The van der Waals surface area contributed by atoms with E-state index in [1.807, 2.05) is 18.2 Å². The number of rotatable bonds is 8. The first-order valence-electron chi connectivity index (χ1n) is 10.6. The molecule has 0 saturated carbocycles. The Balaban J connectivity index is 1.39. The summed E-state index contributed by atoms with van der Waals surface area (Å²) in [7, 11) is 3.39. The highest BCUT2D eigenvalue weighted by Gasteiger charge is 2.28. The summed E-state index contributed by atoms with van der Waals surface area (Å²) in [5, 5.41) is 4.02. The van der Waals surface area contributed by atoms with Crippen molar-refractivity contribution in [2.75, 3.05) is 27.3 Å². The number of aryl methyl sites for hydroxylation is 2. The standard InChI is InChI=1S/C24H28FN3O3/c1-16-8-9-17(14-20(16)25)24-26-23(31-27-24)7-5-13-28-12-4-6-21(28)19-15-18(29-2)10-11-22(19)30-3/h8-11,14-15,21H,4-7,12-13H2,1-3H3. The van der Waals surface area contributed by atoms with E-state index in [4.69, 9.17) is 14.0 Å². The highest BCUT2D eigenvalue weighted by atomic mass is 19.1. The maximum absolute atomic E-state index is 13.8. The summed E-state index contributed by atoms with van der Waals surface area (Å²) in [6.07, 6.45) is 3.81. The molecule has 1 fully saturated rings. The Hall–Kier alpha value is -2.93. The van der Waals surface area contributed by atoms with Gasteiger partial charge in [-0.05, 0) is 69.1 Å². The van der Waals surface area contributed by atoms with Gasteiger partial charge < -0.3 is 14.0 Å². The molecule has 4 rings (SSSR count). The number of hydrogen-bond acceptors (Lipinski definition) is 6. The van der Waals surface area contributed by atoms with Crippen molar-refractivity contribution in [3.8, 4) is 22.9 Å². The van der Waals surface area contributed by atoms with Crippen LogP contribution in [0.25, 0.3) is 11.4 Å². The van der Waals surface area contributed by atoms with Crippen LogP contribution in [0.5, 0.6) is 11.5 Å². The second-order valence-corrected chi connectivity index (χ2v) is 7.88. The smallest absolute Gasteiger partial charge is 0.227 e. The Morgan fingerprint density at radius 2 is 2.03 bits per heavy atom. The van der Waals surface area contributed by atoms with Gasteiger partial charge in [-0.2, -0.15) is 4.98 Å². The van der Waals surface area contributed by atoms with Crippen molar-refractivity contribution in [2.45, 2.75) is 38.6 Å². The molecule has 7 heteroatoms. The number of likely N-dealkylation sites (tertiary alicyclic amines) is 1. The van der Waals surface area contributed by atoms with E-state index in [0.29, 0.717) is 35.3 Å². The van der Waals surface area contributed by atoms with Crippen molar-refractivity contribution in [2.24, 2.45) is 0 Å². The fourth-order valence-corrected chi connectivity index (χ4v) is 4.18. The predicted molar refractivity (Wildman–Crippen MR) is 116 cm³/mol. The summed E-state index contributed by atoms with van der Waals surface area (Å²) in [6, 6.07) is 11.3. The summed E-state index contributed by atoms with van der Waals surface area (Å²) >= 11 is 0. The molecular weight excluding hydrogens is 397 g/mol. The number of aromatic nitrogens is 2. The van der Waals surface area contributed by atoms with Crippen LogP contribution >= 0.6 is 0 Å².